The number of benzene rings is 2. The fourth-order valence-corrected chi connectivity index (χ4v) is 4.72. The third-order valence-electron chi connectivity index (χ3n) is 6.05. The molecule has 146 valence electrons. The van der Waals surface area contributed by atoms with E-state index in [1.807, 2.05) is 52.3 Å². The standard InChI is InChI=1S/C23H26N2O3/c1-16(26)25-14-19-13-24(15-21(19)23(25)18-8-4-3-5-9-18)22(27)12-17-7-6-10-20(11-17)28-2/h3-11,19,21,23H,12-15H2,1-2H3/t19-,21-,23+/m1/s1. The number of methoxy groups -OCH3 is 1. The van der Waals surface area contributed by atoms with E-state index in [0.29, 0.717) is 24.8 Å². The molecule has 2 saturated heterocycles. The second-order valence-electron chi connectivity index (χ2n) is 7.78. The zero-order valence-electron chi connectivity index (χ0n) is 16.4. The van der Waals surface area contributed by atoms with Gasteiger partial charge in [-0.2, -0.15) is 0 Å². The van der Waals surface area contributed by atoms with Crippen molar-refractivity contribution in [3.8, 4) is 5.75 Å². The highest BCUT2D eigenvalue weighted by Gasteiger charge is 2.49. The number of hydrogen-bond acceptors (Lipinski definition) is 3. The lowest BCUT2D eigenvalue weighted by atomic mass is 9.89. The van der Waals surface area contributed by atoms with E-state index in [2.05, 4.69) is 12.1 Å². The van der Waals surface area contributed by atoms with Crippen LogP contribution < -0.4 is 4.74 Å². The van der Waals surface area contributed by atoms with Gasteiger partial charge in [-0.05, 0) is 23.3 Å². The largest absolute Gasteiger partial charge is 0.497 e. The Morgan fingerprint density at radius 1 is 1.04 bits per heavy atom. The minimum absolute atomic E-state index is 0.0540. The van der Waals surface area contributed by atoms with Crippen molar-refractivity contribution >= 4 is 11.8 Å². The van der Waals surface area contributed by atoms with Gasteiger partial charge in [0.25, 0.3) is 0 Å². The molecule has 5 heteroatoms. The monoisotopic (exact) mass is 378 g/mol. The lowest BCUT2D eigenvalue weighted by Crippen LogP contribution is -2.37. The maximum atomic E-state index is 12.9. The molecule has 2 aromatic carbocycles. The van der Waals surface area contributed by atoms with Crippen molar-refractivity contribution in [3.63, 3.8) is 0 Å². The topological polar surface area (TPSA) is 49.9 Å². The number of carbonyl (C=O) groups is 2. The lowest BCUT2D eigenvalue weighted by Gasteiger charge is -2.29. The van der Waals surface area contributed by atoms with Crippen LogP contribution in [0.5, 0.6) is 5.75 Å². The van der Waals surface area contributed by atoms with Gasteiger partial charge in [-0.1, -0.05) is 42.5 Å². The summed E-state index contributed by atoms with van der Waals surface area (Å²) in [5.74, 6) is 1.65. The molecule has 0 radical (unpaired) electrons. The minimum atomic E-state index is 0.0540. The van der Waals surface area contributed by atoms with Crippen molar-refractivity contribution in [2.75, 3.05) is 26.7 Å². The van der Waals surface area contributed by atoms with Crippen LogP contribution in [0.2, 0.25) is 0 Å². The normalized spacial score (nSPS) is 23.6. The van der Waals surface area contributed by atoms with Crippen LogP contribution in [0.3, 0.4) is 0 Å². The first-order chi connectivity index (χ1) is 13.6. The molecular formula is C23H26N2O3. The van der Waals surface area contributed by atoms with Crippen LogP contribution in [0, 0.1) is 11.8 Å². The highest BCUT2D eigenvalue weighted by Crippen LogP contribution is 2.45. The van der Waals surface area contributed by atoms with E-state index in [0.717, 1.165) is 30.0 Å². The van der Waals surface area contributed by atoms with Gasteiger partial charge >= 0.3 is 0 Å². The highest BCUT2D eigenvalue weighted by atomic mass is 16.5. The molecule has 4 rings (SSSR count). The van der Waals surface area contributed by atoms with Crippen molar-refractivity contribution in [1.82, 2.24) is 9.80 Å². The average Bonchev–Trinajstić information content (AvgIpc) is 3.27. The van der Waals surface area contributed by atoms with Gasteiger partial charge in [0.05, 0.1) is 19.6 Å². The Morgan fingerprint density at radius 2 is 1.82 bits per heavy atom. The zero-order chi connectivity index (χ0) is 19.7. The third kappa shape index (κ3) is 3.49. The Kier molecular flexibility index (Phi) is 5.07. The van der Waals surface area contributed by atoms with E-state index in [1.54, 1.807) is 14.0 Å². The van der Waals surface area contributed by atoms with Crippen molar-refractivity contribution < 1.29 is 14.3 Å². The summed E-state index contributed by atoms with van der Waals surface area (Å²) in [5, 5.41) is 0. The molecule has 0 unspecified atom stereocenters. The van der Waals surface area contributed by atoms with Crippen molar-refractivity contribution in [1.29, 1.82) is 0 Å². The average molecular weight is 378 g/mol. The molecule has 0 bridgehead atoms. The molecular weight excluding hydrogens is 352 g/mol. The first-order valence-electron chi connectivity index (χ1n) is 9.79. The molecule has 2 heterocycles. The van der Waals surface area contributed by atoms with Crippen LogP contribution in [0.25, 0.3) is 0 Å². The summed E-state index contributed by atoms with van der Waals surface area (Å²) >= 11 is 0. The third-order valence-corrected chi connectivity index (χ3v) is 6.05. The number of amides is 2. The summed E-state index contributed by atoms with van der Waals surface area (Å²) in [5.41, 5.74) is 2.12. The van der Waals surface area contributed by atoms with E-state index >= 15 is 0 Å². The Labute approximate surface area is 165 Å². The fourth-order valence-electron chi connectivity index (χ4n) is 4.72. The predicted molar refractivity (Wildman–Crippen MR) is 107 cm³/mol. The first kappa shape index (κ1) is 18.5. The summed E-state index contributed by atoms with van der Waals surface area (Å²) in [7, 11) is 1.63. The maximum Gasteiger partial charge on any atom is 0.227 e. The van der Waals surface area contributed by atoms with Gasteiger partial charge in [-0.15, -0.1) is 0 Å². The number of fused-ring (bicyclic) bond motifs is 1. The summed E-state index contributed by atoms with van der Waals surface area (Å²) in [6.45, 7) is 3.79. The molecule has 0 aliphatic carbocycles. The second-order valence-corrected chi connectivity index (χ2v) is 7.78. The van der Waals surface area contributed by atoms with Crippen LogP contribution >= 0.6 is 0 Å². The predicted octanol–water partition coefficient (Wildman–Crippen LogP) is 2.92. The number of nitrogens with zero attached hydrogens (tertiary/aromatic N) is 2. The lowest BCUT2D eigenvalue weighted by molar-refractivity contribution is -0.131. The van der Waals surface area contributed by atoms with Gasteiger partial charge in [0.15, 0.2) is 0 Å². The first-order valence-corrected chi connectivity index (χ1v) is 9.79. The van der Waals surface area contributed by atoms with Crippen molar-refractivity contribution in [2.24, 2.45) is 11.8 Å². The number of rotatable bonds is 4. The molecule has 2 aliphatic rings. The smallest absolute Gasteiger partial charge is 0.227 e. The summed E-state index contributed by atoms with van der Waals surface area (Å²) < 4.78 is 5.26. The van der Waals surface area contributed by atoms with Crippen LogP contribution in [-0.2, 0) is 16.0 Å². The Morgan fingerprint density at radius 3 is 2.54 bits per heavy atom. The van der Waals surface area contributed by atoms with Crippen LogP contribution in [-0.4, -0.2) is 48.4 Å². The SMILES string of the molecule is COc1cccc(CC(=O)N2C[C@@H]3CN(C(C)=O)[C@@H](c4ccccc4)[C@@H]3C2)c1. The van der Waals surface area contributed by atoms with Gasteiger partial charge in [-0.25, -0.2) is 0 Å². The van der Waals surface area contributed by atoms with Crippen molar-refractivity contribution in [3.05, 3.63) is 65.7 Å². The van der Waals surface area contributed by atoms with Crippen LogP contribution in [0.15, 0.2) is 54.6 Å². The molecule has 5 nitrogen and oxygen atoms in total. The van der Waals surface area contributed by atoms with Crippen LogP contribution in [0.4, 0.5) is 0 Å². The van der Waals surface area contributed by atoms with Gasteiger partial charge in [0.1, 0.15) is 5.75 Å². The number of hydrogen-bond donors (Lipinski definition) is 0. The molecule has 0 saturated carbocycles. The Hall–Kier alpha value is -2.82. The molecule has 2 aromatic rings. The van der Waals surface area contributed by atoms with E-state index in [1.165, 1.54) is 0 Å². The van der Waals surface area contributed by atoms with Crippen molar-refractivity contribution in [2.45, 2.75) is 19.4 Å². The summed E-state index contributed by atoms with van der Waals surface area (Å²) in [6.07, 6.45) is 0.378. The van der Waals surface area contributed by atoms with Crippen LogP contribution in [0.1, 0.15) is 24.1 Å². The summed E-state index contributed by atoms with van der Waals surface area (Å²) in [4.78, 5) is 29.1. The zero-order valence-corrected chi connectivity index (χ0v) is 16.4. The molecule has 2 fully saturated rings. The van der Waals surface area contributed by atoms with Gasteiger partial charge in [-0.3, -0.25) is 9.59 Å². The number of likely N-dealkylation sites (tertiary alicyclic amines) is 2. The molecule has 0 aromatic heterocycles. The number of ether oxygens (including phenoxy) is 1. The molecule has 0 N–H and O–H groups in total. The Balaban J connectivity index is 1.49. The van der Waals surface area contributed by atoms with E-state index < -0.39 is 0 Å². The minimum Gasteiger partial charge on any atom is -0.497 e. The molecule has 0 spiro atoms. The van der Waals surface area contributed by atoms with E-state index in [4.69, 9.17) is 4.74 Å². The Bertz CT molecular complexity index is 867. The quantitative estimate of drug-likeness (QED) is 0.822. The van der Waals surface area contributed by atoms with E-state index in [-0.39, 0.29) is 17.9 Å². The van der Waals surface area contributed by atoms with Gasteiger partial charge < -0.3 is 14.5 Å². The molecule has 2 amide bonds. The van der Waals surface area contributed by atoms with E-state index in [9.17, 15) is 9.59 Å². The van der Waals surface area contributed by atoms with Gasteiger partial charge in [0.2, 0.25) is 11.8 Å². The maximum absolute atomic E-state index is 12.9. The highest BCUT2D eigenvalue weighted by molar-refractivity contribution is 5.79. The number of carbonyl (C=O) groups excluding carboxylic acids is 2. The molecule has 2 aliphatic heterocycles. The second kappa shape index (κ2) is 7.66. The summed E-state index contributed by atoms with van der Waals surface area (Å²) in [6, 6.07) is 17.9. The molecule has 3 atom stereocenters. The molecule has 28 heavy (non-hydrogen) atoms. The fraction of sp³-hybridized carbons (Fsp3) is 0.391. The van der Waals surface area contributed by atoms with Gasteiger partial charge in [0, 0.05) is 38.4 Å².